The monoisotopic (exact) mass is 1100 g/mol. The molecule has 9 heteroatoms. The molecule has 0 fully saturated rings. The van der Waals surface area contributed by atoms with E-state index in [4.69, 9.17) is 9.05 Å². The zero-order valence-corrected chi connectivity index (χ0v) is 52.9. The minimum absolute atomic E-state index is 0.0778. The minimum Gasteiger partial charge on any atom is -0.391 e. The van der Waals surface area contributed by atoms with Crippen LogP contribution in [0, 0.1) is 0 Å². The van der Waals surface area contributed by atoms with E-state index in [0.717, 1.165) is 38.5 Å². The summed E-state index contributed by atoms with van der Waals surface area (Å²) in [5.41, 5.74) is 0. The third-order valence-electron chi connectivity index (χ3n) is 16.0. The van der Waals surface area contributed by atoms with Gasteiger partial charge >= 0.3 is 7.82 Å². The Morgan fingerprint density at radius 2 is 0.711 bits per heavy atom. The first kappa shape index (κ1) is 75.2. The van der Waals surface area contributed by atoms with Crippen molar-refractivity contribution >= 4 is 13.7 Å². The number of phosphoric acid groups is 1. The molecule has 0 aromatic carbocycles. The summed E-state index contributed by atoms with van der Waals surface area (Å²) in [5, 5.41) is 14.1. The largest absolute Gasteiger partial charge is 0.472 e. The van der Waals surface area contributed by atoms with E-state index in [1.807, 2.05) is 21.1 Å². The van der Waals surface area contributed by atoms with Crippen molar-refractivity contribution in [3.8, 4) is 0 Å². The van der Waals surface area contributed by atoms with Gasteiger partial charge in [0.25, 0.3) is 0 Å². The highest BCUT2D eigenvalue weighted by molar-refractivity contribution is 7.47. The number of aliphatic hydroxyl groups excluding tert-OH is 1. The predicted molar refractivity (Wildman–Crippen MR) is 332 cm³/mol. The van der Waals surface area contributed by atoms with E-state index in [2.05, 4.69) is 31.3 Å². The van der Waals surface area contributed by atoms with Crippen molar-refractivity contribution in [2.75, 3.05) is 40.9 Å². The van der Waals surface area contributed by atoms with Crippen LogP contribution in [-0.2, 0) is 18.4 Å². The molecule has 3 unspecified atom stereocenters. The second-order valence-corrected chi connectivity index (χ2v) is 26.4. The molecule has 0 aliphatic carbocycles. The van der Waals surface area contributed by atoms with Crippen LogP contribution in [0.2, 0.25) is 0 Å². The number of rotatable bonds is 64. The van der Waals surface area contributed by atoms with E-state index in [1.54, 1.807) is 0 Å². The first-order valence-corrected chi connectivity index (χ1v) is 35.5. The van der Waals surface area contributed by atoms with E-state index >= 15 is 0 Å². The van der Waals surface area contributed by atoms with Crippen LogP contribution in [0.15, 0.2) is 12.2 Å². The molecule has 0 aromatic rings. The number of quaternary nitrogens is 1. The van der Waals surface area contributed by atoms with Crippen molar-refractivity contribution in [3.05, 3.63) is 12.2 Å². The van der Waals surface area contributed by atoms with Crippen molar-refractivity contribution in [2.24, 2.45) is 0 Å². The molecule has 0 spiro atoms. The van der Waals surface area contributed by atoms with Crippen molar-refractivity contribution < 1.29 is 32.9 Å². The Morgan fingerprint density at radius 1 is 0.434 bits per heavy atom. The normalized spacial score (nSPS) is 13.7. The number of unbranched alkanes of at least 4 members (excludes halogenated alkanes) is 49. The third-order valence-corrected chi connectivity index (χ3v) is 17.0. The van der Waals surface area contributed by atoms with Crippen molar-refractivity contribution in [1.29, 1.82) is 0 Å². The second kappa shape index (κ2) is 58.9. The van der Waals surface area contributed by atoms with E-state index in [1.165, 1.54) is 295 Å². The average molecular weight is 1100 g/mol. The number of amides is 1. The van der Waals surface area contributed by atoms with Gasteiger partial charge in [0, 0.05) is 6.42 Å². The summed E-state index contributed by atoms with van der Waals surface area (Å²) in [5.74, 6) is -0.136. The topological polar surface area (TPSA) is 105 Å². The Kier molecular flexibility index (Phi) is 58.3. The Bertz CT molecular complexity index is 1240. The van der Waals surface area contributed by atoms with Crippen LogP contribution in [0.1, 0.15) is 361 Å². The minimum atomic E-state index is -4.33. The molecule has 0 radical (unpaired) electrons. The maximum atomic E-state index is 13.1. The molecule has 76 heavy (non-hydrogen) atoms. The van der Waals surface area contributed by atoms with Gasteiger partial charge in [-0.25, -0.2) is 4.57 Å². The third kappa shape index (κ3) is 60.9. The summed E-state index contributed by atoms with van der Waals surface area (Å²) in [6.45, 7) is 4.96. The summed E-state index contributed by atoms with van der Waals surface area (Å²) >= 11 is 0. The molecule has 3 N–H and O–H groups in total. The van der Waals surface area contributed by atoms with Gasteiger partial charge in [0.15, 0.2) is 0 Å². The Balaban J connectivity index is 4.03. The van der Waals surface area contributed by atoms with E-state index < -0.39 is 20.0 Å². The van der Waals surface area contributed by atoms with Crippen LogP contribution in [0.5, 0.6) is 0 Å². The lowest BCUT2D eigenvalue weighted by molar-refractivity contribution is -0.870. The predicted octanol–water partition coefficient (Wildman–Crippen LogP) is 21.3. The van der Waals surface area contributed by atoms with Crippen LogP contribution in [0.4, 0.5) is 0 Å². The quantitative estimate of drug-likeness (QED) is 0.0243. The van der Waals surface area contributed by atoms with E-state index in [-0.39, 0.29) is 19.1 Å². The van der Waals surface area contributed by atoms with Gasteiger partial charge in [0.2, 0.25) is 5.91 Å². The van der Waals surface area contributed by atoms with E-state index in [9.17, 15) is 19.4 Å². The lowest BCUT2D eigenvalue weighted by atomic mass is 10.0. The van der Waals surface area contributed by atoms with Crippen LogP contribution in [0.25, 0.3) is 0 Å². The Hall–Kier alpha value is -0.760. The summed E-state index contributed by atoms with van der Waals surface area (Å²) in [7, 11) is 1.64. The molecule has 1 amide bonds. The summed E-state index contributed by atoms with van der Waals surface area (Å²) in [6, 6.07) is -0.759. The van der Waals surface area contributed by atoms with Gasteiger partial charge in [-0.3, -0.25) is 13.8 Å². The maximum absolute atomic E-state index is 13.1. The molecule has 3 atom stereocenters. The molecule has 0 saturated heterocycles. The number of aliphatic hydroxyl groups is 1. The number of hydrogen-bond donors (Lipinski definition) is 3. The van der Waals surface area contributed by atoms with Gasteiger partial charge in [-0.1, -0.05) is 328 Å². The molecule has 0 aliphatic heterocycles. The van der Waals surface area contributed by atoms with E-state index in [0.29, 0.717) is 23.9 Å². The highest BCUT2D eigenvalue weighted by atomic mass is 31.2. The molecule has 0 aliphatic rings. The summed E-state index contributed by atoms with van der Waals surface area (Å²) in [4.78, 5) is 23.4. The molecule has 0 heterocycles. The number of nitrogens with zero attached hydrogens (tertiary/aromatic N) is 1. The number of likely N-dealkylation sites (N-methyl/N-ethyl adjacent to an activating group) is 1. The highest BCUT2D eigenvalue weighted by Crippen LogP contribution is 2.43. The number of nitrogens with one attached hydrogen (secondary N) is 1. The number of hydrogen-bond acceptors (Lipinski definition) is 5. The zero-order chi connectivity index (χ0) is 55.6. The zero-order valence-electron chi connectivity index (χ0n) is 52.0. The fourth-order valence-corrected chi connectivity index (χ4v) is 11.4. The number of allylic oxidation sites excluding steroid dienone is 2. The average Bonchev–Trinajstić information content (AvgIpc) is 3.38. The second-order valence-electron chi connectivity index (χ2n) is 24.9. The van der Waals surface area contributed by atoms with Crippen LogP contribution < -0.4 is 5.32 Å². The van der Waals surface area contributed by atoms with Gasteiger partial charge in [0.05, 0.1) is 39.9 Å². The number of carbonyl (C=O) groups is 1. The first-order chi connectivity index (χ1) is 37.0. The van der Waals surface area contributed by atoms with Crippen LogP contribution >= 0.6 is 7.82 Å². The highest BCUT2D eigenvalue weighted by Gasteiger charge is 2.28. The molecule has 0 rings (SSSR count). The van der Waals surface area contributed by atoms with Crippen LogP contribution in [-0.4, -0.2) is 73.4 Å². The smallest absolute Gasteiger partial charge is 0.391 e. The molecule has 454 valence electrons. The SMILES string of the molecule is CCCCCCCCCCCCCC/C=C\CCCCCCCCCCCCCCCC(=O)NC(COP(=O)(O)OCC[N+](C)(C)C)C(O)CCCCCCCCCCCCCCCCCCCCCCCCCCC. The molecule has 0 saturated carbocycles. The van der Waals surface area contributed by atoms with Crippen molar-refractivity contribution in [3.63, 3.8) is 0 Å². The maximum Gasteiger partial charge on any atom is 0.472 e. The van der Waals surface area contributed by atoms with Gasteiger partial charge < -0.3 is 19.8 Å². The Labute approximate surface area is 475 Å². The van der Waals surface area contributed by atoms with Crippen molar-refractivity contribution in [2.45, 2.75) is 373 Å². The lowest BCUT2D eigenvalue weighted by Gasteiger charge is -2.26. The molecular weight excluding hydrogens is 960 g/mol. The van der Waals surface area contributed by atoms with Gasteiger partial charge in [0.1, 0.15) is 13.2 Å². The summed E-state index contributed by atoms with van der Waals surface area (Å²) in [6.07, 6.45) is 74.5. The lowest BCUT2D eigenvalue weighted by Crippen LogP contribution is -2.46. The fraction of sp³-hybridized carbons (Fsp3) is 0.955. The standard InChI is InChI=1S/C67H135N2O6P/c1-6-8-10-12-14-16-18-20-22-24-26-28-30-32-33-34-35-37-39-41-43-45-47-49-51-53-55-57-59-61-67(71)68-65(64-75-76(72,73)74-63-62-69(3,4)5)66(70)60-58-56-54-52-50-48-46-44-42-40-38-36-31-29-27-25-23-21-19-17-15-13-11-9-7-2/h32-33,65-66,70H,6-31,34-64H2,1-5H3,(H-,68,71,72,73)/p+1/b33-32-. The summed E-state index contributed by atoms with van der Waals surface area (Å²) < 4.78 is 23.9. The molecule has 8 nitrogen and oxygen atoms in total. The van der Waals surface area contributed by atoms with Crippen LogP contribution in [0.3, 0.4) is 0 Å². The van der Waals surface area contributed by atoms with Crippen molar-refractivity contribution in [1.82, 2.24) is 5.32 Å². The molecular formula is C67H136N2O6P+. The van der Waals surface area contributed by atoms with Gasteiger partial charge in [-0.15, -0.1) is 0 Å². The van der Waals surface area contributed by atoms with Gasteiger partial charge in [-0.05, 0) is 38.5 Å². The Morgan fingerprint density at radius 3 is 1.01 bits per heavy atom. The fourth-order valence-electron chi connectivity index (χ4n) is 10.7. The molecule has 0 bridgehead atoms. The van der Waals surface area contributed by atoms with Gasteiger partial charge in [-0.2, -0.15) is 0 Å². The first-order valence-electron chi connectivity index (χ1n) is 34.1. The number of carbonyl (C=O) groups excluding carboxylic acids is 1. The number of phosphoric ester groups is 1. The molecule has 0 aromatic heterocycles.